The Hall–Kier alpha value is -1.17. The van der Waals surface area contributed by atoms with Crippen LogP contribution in [0, 0.1) is 3.70 Å². The highest BCUT2D eigenvalue weighted by molar-refractivity contribution is 14.1. The summed E-state index contributed by atoms with van der Waals surface area (Å²) in [7, 11) is -2.25. The standard InChI is InChI=1S/C12H11F3IN3O2S/c1-3-22(20,21)8-4-7(12(13,14)15)5-17-10(8)11-18-6-9(16)19(11)2/h4-6H,3H2,1-2H3. The van der Waals surface area contributed by atoms with Gasteiger partial charge in [0.1, 0.15) is 5.69 Å². The lowest BCUT2D eigenvalue weighted by atomic mass is 10.2. The molecule has 10 heteroatoms. The van der Waals surface area contributed by atoms with Gasteiger partial charge in [0.05, 0.1) is 26.1 Å². The van der Waals surface area contributed by atoms with E-state index in [1.807, 2.05) is 22.6 Å². The largest absolute Gasteiger partial charge is 0.417 e. The molecule has 2 aromatic rings. The quantitative estimate of drug-likeness (QED) is 0.682. The van der Waals surface area contributed by atoms with Gasteiger partial charge in [0.25, 0.3) is 0 Å². The molecular weight excluding hydrogens is 434 g/mol. The van der Waals surface area contributed by atoms with Gasteiger partial charge < -0.3 is 4.57 Å². The Bertz CT molecular complexity index is 816. The molecule has 0 saturated carbocycles. The van der Waals surface area contributed by atoms with Crippen molar-refractivity contribution in [1.29, 1.82) is 0 Å². The van der Waals surface area contributed by atoms with Crippen LogP contribution in [0.5, 0.6) is 0 Å². The van der Waals surface area contributed by atoms with E-state index in [1.165, 1.54) is 13.1 Å². The molecule has 120 valence electrons. The first-order valence-electron chi connectivity index (χ1n) is 6.05. The molecule has 0 unspecified atom stereocenters. The van der Waals surface area contributed by atoms with Crippen LogP contribution in [0.3, 0.4) is 0 Å². The summed E-state index contributed by atoms with van der Waals surface area (Å²) in [5, 5.41) is 0. The van der Waals surface area contributed by atoms with Crippen LogP contribution in [0.15, 0.2) is 23.4 Å². The maximum Gasteiger partial charge on any atom is 0.417 e. The Kier molecular flexibility index (Phi) is 4.53. The number of hydrogen-bond acceptors (Lipinski definition) is 4. The van der Waals surface area contributed by atoms with Gasteiger partial charge in [0, 0.05) is 13.2 Å². The summed E-state index contributed by atoms with van der Waals surface area (Å²) < 4.78 is 65.0. The maximum atomic E-state index is 12.8. The van der Waals surface area contributed by atoms with Crippen LogP contribution in [0.1, 0.15) is 12.5 Å². The van der Waals surface area contributed by atoms with Crippen molar-refractivity contribution in [3.8, 4) is 11.5 Å². The number of aromatic nitrogens is 3. The zero-order chi connectivity index (χ0) is 16.7. The third-order valence-corrected chi connectivity index (χ3v) is 5.78. The van der Waals surface area contributed by atoms with Gasteiger partial charge in [-0.2, -0.15) is 13.2 Å². The van der Waals surface area contributed by atoms with Crippen molar-refractivity contribution in [3.05, 3.63) is 27.7 Å². The van der Waals surface area contributed by atoms with Crippen LogP contribution in [0.2, 0.25) is 0 Å². The molecule has 0 N–H and O–H groups in total. The van der Waals surface area contributed by atoms with E-state index in [-0.39, 0.29) is 17.3 Å². The lowest BCUT2D eigenvalue weighted by molar-refractivity contribution is -0.138. The average molecular weight is 445 g/mol. The molecule has 0 aliphatic rings. The summed E-state index contributed by atoms with van der Waals surface area (Å²) in [5.41, 5.74) is -1.19. The Morgan fingerprint density at radius 1 is 1.27 bits per heavy atom. The normalized spacial score (nSPS) is 12.6. The summed E-state index contributed by atoms with van der Waals surface area (Å²) in [5.74, 6) is -0.130. The minimum absolute atomic E-state index is 0.0831. The second-order valence-electron chi connectivity index (χ2n) is 4.44. The second-order valence-corrected chi connectivity index (χ2v) is 7.79. The van der Waals surface area contributed by atoms with E-state index in [0.717, 1.165) is 0 Å². The Balaban J connectivity index is 2.78. The van der Waals surface area contributed by atoms with Crippen LogP contribution >= 0.6 is 22.6 Å². The molecule has 0 saturated heterocycles. The van der Waals surface area contributed by atoms with Crippen LogP contribution in [0.4, 0.5) is 13.2 Å². The smallest absolute Gasteiger partial charge is 0.321 e. The summed E-state index contributed by atoms with van der Waals surface area (Å²) in [4.78, 5) is 7.29. The Morgan fingerprint density at radius 3 is 2.36 bits per heavy atom. The molecule has 22 heavy (non-hydrogen) atoms. The lowest BCUT2D eigenvalue weighted by Gasteiger charge is -2.12. The zero-order valence-electron chi connectivity index (χ0n) is 11.5. The van der Waals surface area contributed by atoms with E-state index in [0.29, 0.717) is 16.0 Å². The number of hydrogen-bond donors (Lipinski definition) is 0. The molecule has 0 radical (unpaired) electrons. The van der Waals surface area contributed by atoms with Gasteiger partial charge in [-0.05, 0) is 28.7 Å². The summed E-state index contributed by atoms with van der Waals surface area (Å²) in [6.07, 6.45) is -2.57. The molecular formula is C12H11F3IN3O2S. The average Bonchev–Trinajstić information content (AvgIpc) is 2.77. The highest BCUT2D eigenvalue weighted by Crippen LogP contribution is 2.34. The first-order chi connectivity index (χ1) is 10.1. The van der Waals surface area contributed by atoms with Crippen molar-refractivity contribution < 1.29 is 21.6 Å². The van der Waals surface area contributed by atoms with Crippen molar-refractivity contribution in [3.63, 3.8) is 0 Å². The maximum absolute atomic E-state index is 12.8. The Labute approximate surface area is 138 Å². The van der Waals surface area contributed by atoms with Crippen molar-refractivity contribution in [1.82, 2.24) is 14.5 Å². The molecule has 2 aromatic heterocycles. The molecule has 0 bridgehead atoms. The van der Waals surface area contributed by atoms with Crippen LogP contribution in [-0.4, -0.2) is 28.7 Å². The van der Waals surface area contributed by atoms with Crippen molar-refractivity contribution in [2.75, 3.05) is 5.75 Å². The summed E-state index contributed by atoms with van der Waals surface area (Å²) in [6.45, 7) is 1.36. The van der Waals surface area contributed by atoms with Gasteiger partial charge in [-0.15, -0.1) is 0 Å². The van der Waals surface area contributed by atoms with Crippen molar-refractivity contribution >= 4 is 32.4 Å². The first kappa shape index (κ1) is 17.2. The van der Waals surface area contributed by atoms with Gasteiger partial charge >= 0.3 is 6.18 Å². The minimum Gasteiger partial charge on any atom is -0.321 e. The predicted octanol–water partition coefficient (Wildman–Crippen LogP) is 2.90. The highest BCUT2D eigenvalue weighted by atomic mass is 127. The molecule has 0 atom stereocenters. The van der Waals surface area contributed by atoms with Crippen LogP contribution < -0.4 is 0 Å². The summed E-state index contributed by atoms with van der Waals surface area (Å²) in [6, 6.07) is 0.614. The first-order valence-corrected chi connectivity index (χ1v) is 8.78. The second kappa shape index (κ2) is 5.80. The fourth-order valence-electron chi connectivity index (χ4n) is 1.77. The SMILES string of the molecule is CCS(=O)(=O)c1cc(C(F)(F)F)cnc1-c1ncc(I)n1C. The summed E-state index contributed by atoms with van der Waals surface area (Å²) >= 11 is 1.98. The third-order valence-electron chi connectivity index (χ3n) is 3.04. The van der Waals surface area contributed by atoms with E-state index in [1.54, 1.807) is 11.6 Å². The lowest BCUT2D eigenvalue weighted by Crippen LogP contribution is -2.13. The topological polar surface area (TPSA) is 64.8 Å². The number of halogens is 4. The van der Waals surface area contributed by atoms with Gasteiger partial charge in [0.2, 0.25) is 0 Å². The van der Waals surface area contributed by atoms with Gasteiger partial charge in [-0.1, -0.05) is 6.92 Å². The molecule has 0 aliphatic heterocycles. The fraction of sp³-hybridized carbons (Fsp3) is 0.333. The van der Waals surface area contributed by atoms with E-state index < -0.39 is 26.5 Å². The molecule has 0 aliphatic carbocycles. The van der Waals surface area contributed by atoms with E-state index in [9.17, 15) is 21.6 Å². The number of sulfone groups is 1. The molecule has 2 heterocycles. The number of alkyl halides is 3. The number of rotatable bonds is 3. The van der Waals surface area contributed by atoms with E-state index in [4.69, 9.17) is 0 Å². The highest BCUT2D eigenvalue weighted by Gasteiger charge is 2.34. The predicted molar refractivity (Wildman–Crippen MR) is 81.9 cm³/mol. The van der Waals surface area contributed by atoms with Crippen LogP contribution in [0.25, 0.3) is 11.5 Å². The molecule has 0 fully saturated rings. The Morgan fingerprint density at radius 2 is 1.91 bits per heavy atom. The molecule has 2 rings (SSSR count). The number of pyridine rings is 1. The molecule has 0 aromatic carbocycles. The molecule has 0 spiro atoms. The zero-order valence-corrected chi connectivity index (χ0v) is 14.5. The van der Waals surface area contributed by atoms with E-state index >= 15 is 0 Å². The van der Waals surface area contributed by atoms with Gasteiger partial charge in [0.15, 0.2) is 15.7 Å². The van der Waals surface area contributed by atoms with Crippen LogP contribution in [-0.2, 0) is 23.1 Å². The van der Waals surface area contributed by atoms with E-state index in [2.05, 4.69) is 9.97 Å². The number of nitrogens with zero attached hydrogens (tertiary/aromatic N) is 3. The molecule has 5 nitrogen and oxygen atoms in total. The van der Waals surface area contributed by atoms with Crippen molar-refractivity contribution in [2.24, 2.45) is 7.05 Å². The monoisotopic (exact) mass is 445 g/mol. The third kappa shape index (κ3) is 3.12. The van der Waals surface area contributed by atoms with Gasteiger partial charge in [-0.25, -0.2) is 13.4 Å². The molecule has 0 amide bonds. The minimum atomic E-state index is -4.67. The number of imidazole rings is 1. The van der Waals surface area contributed by atoms with Gasteiger partial charge in [-0.3, -0.25) is 4.98 Å². The van der Waals surface area contributed by atoms with Crippen molar-refractivity contribution in [2.45, 2.75) is 18.0 Å². The fourth-order valence-corrected chi connectivity index (χ4v) is 3.19.